The van der Waals surface area contributed by atoms with Crippen molar-refractivity contribution in [2.24, 2.45) is 0 Å². The van der Waals surface area contributed by atoms with Crippen molar-refractivity contribution in [1.82, 2.24) is 0 Å². The highest BCUT2D eigenvalue weighted by atomic mass is 19.2. The first-order chi connectivity index (χ1) is 16.9. The molecule has 3 aromatic rings. The number of esters is 1. The highest BCUT2D eigenvalue weighted by Crippen LogP contribution is 2.35. The SMILES string of the molecule is CCCc1cc(CC)cc(C(Nc2ccc(C#N)cc2)C(=O)OC)c1OCc1ccc(F)c(F)c1. The van der Waals surface area contributed by atoms with Crippen molar-refractivity contribution in [3.05, 3.63) is 94.0 Å². The molecule has 0 spiro atoms. The number of anilines is 1. The number of nitrogens with one attached hydrogen (secondary N) is 1. The second-order valence-corrected chi connectivity index (χ2v) is 8.10. The molecule has 3 aromatic carbocycles. The van der Waals surface area contributed by atoms with Crippen LogP contribution in [0.5, 0.6) is 5.75 Å². The summed E-state index contributed by atoms with van der Waals surface area (Å²) in [6.07, 6.45) is 2.30. The molecule has 0 radical (unpaired) electrons. The highest BCUT2D eigenvalue weighted by molar-refractivity contribution is 5.82. The Balaban J connectivity index is 2.06. The lowest BCUT2D eigenvalue weighted by molar-refractivity contribution is -0.141. The molecule has 0 aliphatic heterocycles. The third-order valence-electron chi connectivity index (χ3n) is 5.62. The Bertz CT molecular complexity index is 1220. The summed E-state index contributed by atoms with van der Waals surface area (Å²) in [5, 5.41) is 12.3. The van der Waals surface area contributed by atoms with Crippen LogP contribution in [0, 0.1) is 23.0 Å². The molecule has 3 rings (SSSR count). The summed E-state index contributed by atoms with van der Waals surface area (Å²) in [5.41, 5.74) is 4.13. The molecule has 7 heteroatoms. The third kappa shape index (κ3) is 6.36. The van der Waals surface area contributed by atoms with Crippen LogP contribution in [0.3, 0.4) is 0 Å². The fourth-order valence-corrected chi connectivity index (χ4v) is 3.81. The second kappa shape index (κ2) is 12.0. The summed E-state index contributed by atoms with van der Waals surface area (Å²) in [6.45, 7) is 4.07. The van der Waals surface area contributed by atoms with Crippen molar-refractivity contribution in [2.45, 2.75) is 45.8 Å². The maximum atomic E-state index is 13.7. The number of benzene rings is 3. The molecule has 182 valence electrons. The van der Waals surface area contributed by atoms with Gasteiger partial charge in [-0.1, -0.05) is 32.4 Å². The van der Waals surface area contributed by atoms with Gasteiger partial charge in [-0.25, -0.2) is 13.6 Å². The molecule has 0 heterocycles. The van der Waals surface area contributed by atoms with Gasteiger partial charge in [0.25, 0.3) is 0 Å². The zero-order valence-electron chi connectivity index (χ0n) is 20.0. The number of aryl methyl sites for hydroxylation is 2. The van der Waals surface area contributed by atoms with E-state index in [0.717, 1.165) is 36.1 Å². The molecular weight excluding hydrogens is 450 g/mol. The lowest BCUT2D eigenvalue weighted by Crippen LogP contribution is -2.24. The first-order valence-corrected chi connectivity index (χ1v) is 11.5. The van der Waals surface area contributed by atoms with Crippen molar-refractivity contribution in [1.29, 1.82) is 5.26 Å². The maximum absolute atomic E-state index is 13.7. The molecule has 1 unspecified atom stereocenters. The monoisotopic (exact) mass is 478 g/mol. The maximum Gasteiger partial charge on any atom is 0.333 e. The van der Waals surface area contributed by atoms with Crippen molar-refractivity contribution >= 4 is 11.7 Å². The molecule has 0 aliphatic carbocycles. The molecule has 1 N–H and O–H groups in total. The molecule has 0 aromatic heterocycles. The van der Waals surface area contributed by atoms with Crippen LogP contribution in [0.2, 0.25) is 0 Å². The van der Waals surface area contributed by atoms with Crippen molar-refractivity contribution in [3.8, 4) is 11.8 Å². The van der Waals surface area contributed by atoms with Crippen LogP contribution in [0.15, 0.2) is 54.6 Å². The molecule has 0 saturated carbocycles. The highest BCUT2D eigenvalue weighted by Gasteiger charge is 2.27. The van der Waals surface area contributed by atoms with Crippen molar-refractivity contribution < 1.29 is 23.0 Å². The average molecular weight is 479 g/mol. The van der Waals surface area contributed by atoms with Gasteiger partial charge in [0.1, 0.15) is 12.4 Å². The lowest BCUT2D eigenvalue weighted by Gasteiger charge is -2.24. The van der Waals surface area contributed by atoms with Crippen LogP contribution in [-0.4, -0.2) is 13.1 Å². The van der Waals surface area contributed by atoms with Crippen LogP contribution >= 0.6 is 0 Å². The average Bonchev–Trinajstić information content (AvgIpc) is 2.88. The Morgan fingerprint density at radius 1 is 1.03 bits per heavy atom. The summed E-state index contributed by atoms with van der Waals surface area (Å²) >= 11 is 0. The van der Waals surface area contributed by atoms with Crippen LogP contribution in [0.1, 0.15) is 54.1 Å². The van der Waals surface area contributed by atoms with E-state index in [0.29, 0.717) is 34.5 Å². The number of methoxy groups -OCH3 is 1. The van der Waals surface area contributed by atoms with Crippen molar-refractivity contribution in [3.63, 3.8) is 0 Å². The van der Waals surface area contributed by atoms with Gasteiger partial charge in [0, 0.05) is 11.3 Å². The van der Waals surface area contributed by atoms with E-state index < -0.39 is 23.6 Å². The molecule has 1 atom stereocenters. The van der Waals surface area contributed by atoms with Gasteiger partial charge in [0.2, 0.25) is 0 Å². The predicted octanol–water partition coefficient (Wildman–Crippen LogP) is 6.26. The fraction of sp³-hybridized carbons (Fsp3) is 0.286. The summed E-state index contributed by atoms with van der Waals surface area (Å²) in [5.74, 6) is -1.88. The predicted molar refractivity (Wildman–Crippen MR) is 130 cm³/mol. The minimum absolute atomic E-state index is 0.00283. The fourth-order valence-electron chi connectivity index (χ4n) is 3.81. The largest absolute Gasteiger partial charge is 0.488 e. The Labute approximate surface area is 204 Å². The van der Waals surface area contributed by atoms with Gasteiger partial charge >= 0.3 is 5.97 Å². The smallest absolute Gasteiger partial charge is 0.333 e. The molecule has 35 heavy (non-hydrogen) atoms. The molecule has 0 bridgehead atoms. The zero-order chi connectivity index (χ0) is 25.4. The number of hydrogen-bond acceptors (Lipinski definition) is 5. The lowest BCUT2D eigenvalue weighted by atomic mass is 9.95. The van der Waals surface area contributed by atoms with E-state index in [2.05, 4.69) is 11.4 Å². The summed E-state index contributed by atoms with van der Waals surface area (Å²) in [7, 11) is 1.31. The normalized spacial score (nSPS) is 11.4. The number of hydrogen-bond donors (Lipinski definition) is 1. The summed E-state index contributed by atoms with van der Waals surface area (Å²) in [4.78, 5) is 12.9. The van der Waals surface area contributed by atoms with E-state index in [4.69, 9.17) is 14.7 Å². The van der Waals surface area contributed by atoms with Gasteiger partial charge in [-0.3, -0.25) is 0 Å². The van der Waals surface area contributed by atoms with E-state index in [1.807, 2.05) is 26.0 Å². The second-order valence-electron chi connectivity index (χ2n) is 8.10. The summed E-state index contributed by atoms with van der Waals surface area (Å²) in [6, 6.07) is 15.5. The standard InChI is InChI=1S/C28H28F2N2O3/c1-4-6-21-13-18(5-2)14-23(27(21)35-17-20-9-12-24(29)25(30)15-20)26(28(33)34-3)32-22-10-7-19(16-31)8-11-22/h7-15,26,32H,4-6,17H2,1-3H3. The Hall–Kier alpha value is -3.92. The van der Waals surface area contributed by atoms with E-state index >= 15 is 0 Å². The first-order valence-electron chi connectivity index (χ1n) is 11.5. The number of nitrogens with zero attached hydrogens (tertiary/aromatic N) is 1. The molecule has 0 amide bonds. The number of ether oxygens (including phenoxy) is 2. The Morgan fingerprint density at radius 2 is 1.77 bits per heavy atom. The number of halogens is 2. The minimum Gasteiger partial charge on any atom is -0.488 e. The van der Waals surface area contributed by atoms with Gasteiger partial charge < -0.3 is 14.8 Å². The van der Waals surface area contributed by atoms with Gasteiger partial charge in [-0.2, -0.15) is 5.26 Å². The summed E-state index contributed by atoms with van der Waals surface area (Å²) < 4.78 is 38.4. The van der Waals surface area contributed by atoms with Crippen LogP contribution in [0.25, 0.3) is 0 Å². The van der Waals surface area contributed by atoms with Gasteiger partial charge in [0.05, 0.1) is 18.7 Å². The first kappa shape index (κ1) is 25.7. The van der Waals surface area contributed by atoms with E-state index in [1.165, 1.54) is 13.2 Å². The van der Waals surface area contributed by atoms with E-state index in [-0.39, 0.29) is 6.61 Å². The molecule has 5 nitrogen and oxygen atoms in total. The molecule has 0 saturated heterocycles. The molecular formula is C28H28F2N2O3. The van der Waals surface area contributed by atoms with E-state index in [9.17, 15) is 13.6 Å². The number of carbonyl (C=O) groups is 1. The van der Waals surface area contributed by atoms with Gasteiger partial charge in [-0.15, -0.1) is 0 Å². The third-order valence-corrected chi connectivity index (χ3v) is 5.62. The number of carbonyl (C=O) groups excluding carboxylic acids is 1. The Kier molecular flexibility index (Phi) is 8.80. The molecule has 0 fully saturated rings. The van der Waals surface area contributed by atoms with Gasteiger partial charge in [0.15, 0.2) is 17.7 Å². The zero-order valence-corrected chi connectivity index (χ0v) is 20.0. The topological polar surface area (TPSA) is 71.4 Å². The van der Waals surface area contributed by atoms with Crippen LogP contribution < -0.4 is 10.1 Å². The number of rotatable bonds is 10. The number of nitriles is 1. The van der Waals surface area contributed by atoms with Gasteiger partial charge in [-0.05, 0) is 72.0 Å². The van der Waals surface area contributed by atoms with Crippen molar-refractivity contribution in [2.75, 3.05) is 12.4 Å². The minimum atomic E-state index is -0.948. The van der Waals surface area contributed by atoms with E-state index in [1.54, 1.807) is 24.3 Å². The van der Waals surface area contributed by atoms with Crippen LogP contribution in [0.4, 0.5) is 14.5 Å². The quantitative estimate of drug-likeness (QED) is 0.349. The molecule has 0 aliphatic rings. The van der Waals surface area contributed by atoms with Crippen LogP contribution in [-0.2, 0) is 29.0 Å². The Morgan fingerprint density at radius 3 is 2.37 bits per heavy atom.